The Morgan fingerprint density at radius 3 is 1.61 bits per heavy atom. The minimum Gasteiger partial charge on any atom is -0.462 e. The lowest BCUT2D eigenvalue weighted by atomic mass is 9.85. The molecule has 8 N–H and O–H groups in total. The Labute approximate surface area is 400 Å². The second-order valence-corrected chi connectivity index (χ2v) is 18.4. The van der Waals surface area contributed by atoms with E-state index in [9.17, 15) is 54.8 Å². The van der Waals surface area contributed by atoms with Crippen LogP contribution in [0.1, 0.15) is 155 Å². The van der Waals surface area contributed by atoms with Gasteiger partial charge in [-0.2, -0.15) is 0 Å². The van der Waals surface area contributed by atoms with E-state index in [4.69, 9.17) is 18.5 Å². The topological polar surface area (TPSA) is 250 Å². The highest BCUT2D eigenvalue weighted by Crippen LogP contribution is 2.47. The van der Waals surface area contributed by atoms with E-state index in [1.165, 1.54) is 38.5 Å². The highest BCUT2D eigenvalue weighted by atomic mass is 31.2. The number of carbonyl (C=O) groups is 2. The smallest absolute Gasteiger partial charge is 0.462 e. The summed E-state index contributed by atoms with van der Waals surface area (Å²) in [5.41, 5.74) is 0. The molecule has 0 spiro atoms. The van der Waals surface area contributed by atoms with Crippen molar-refractivity contribution in [3.8, 4) is 0 Å². The Morgan fingerprint density at radius 1 is 0.552 bits per heavy atom. The van der Waals surface area contributed by atoms with Crippen LogP contribution in [0.15, 0.2) is 85.1 Å². The maximum atomic E-state index is 12.8. The lowest BCUT2D eigenvalue weighted by Gasteiger charge is -2.41. The molecule has 0 amide bonds. The van der Waals surface area contributed by atoms with Gasteiger partial charge in [0.25, 0.3) is 0 Å². The van der Waals surface area contributed by atoms with E-state index < -0.39 is 87.9 Å². The van der Waals surface area contributed by atoms with Gasteiger partial charge in [0.2, 0.25) is 0 Å². The van der Waals surface area contributed by atoms with Crippen molar-refractivity contribution in [2.45, 2.75) is 210 Å². The Morgan fingerprint density at radius 2 is 1.04 bits per heavy atom. The number of aliphatic hydroxyl groups excluding tert-OH is 7. The summed E-state index contributed by atoms with van der Waals surface area (Å²) in [5.74, 6) is -1.28. The van der Waals surface area contributed by atoms with Crippen molar-refractivity contribution in [2.75, 3.05) is 13.2 Å². The first-order valence-corrected chi connectivity index (χ1v) is 26.1. The maximum Gasteiger partial charge on any atom is 0.472 e. The number of hydrogen-bond donors (Lipinski definition) is 8. The minimum atomic E-state index is -5.18. The summed E-state index contributed by atoms with van der Waals surface area (Å²) in [4.78, 5) is 35.8. The number of aliphatic hydroxyl groups is 7. The van der Waals surface area contributed by atoms with Gasteiger partial charge in [0.05, 0.1) is 18.8 Å². The first-order valence-electron chi connectivity index (χ1n) is 24.6. The molecule has 0 aromatic heterocycles. The summed E-state index contributed by atoms with van der Waals surface area (Å²) in [6.45, 7) is 2.96. The normalized spacial score (nSPS) is 22.8. The van der Waals surface area contributed by atoms with Gasteiger partial charge in [-0.1, -0.05) is 163 Å². The summed E-state index contributed by atoms with van der Waals surface area (Å²) >= 11 is 0. The summed E-state index contributed by atoms with van der Waals surface area (Å²) in [7, 11) is -5.18. The van der Waals surface area contributed by atoms with Crippen molar-refractivity contribution in [1.29, 1.82) is 0 Å². The zero-order valence-electron chi connectivity index (χ0n) is 40.1. The minimum absolute atomic E-state index is 0.0897. The van der Waals surface area contributed by atoms with E-state index in [0.717, 1.165) is 57.8 Å². The zero-order valence-corrected chi connectivity index (χ0v) is 41.0. The Bertz CT molecular complexity index is 1530. The first kappa shape index (κ1) is 62.0. The Balaban J connectivity index is 2.55. The highest BCUT2D eigenvalue weighted by molar-refractivity contribution is 7.47. The number of carbonyl (C=O) groups excluding carboxylic acids is 2. The second kappa shape index (κ2) is 39.8. The number of esters is 2. The van der Waals surface area contributed by atoms with Gasteiger partial charge in [-0.3, -0.25) is 18.6 Å². The predicted molar refractivity (Wildman–Crippen MR) is 260 cm³/mol. The van der Waals surface area contributed by atoms with Crippen LogP contribution in [0.5, 0.6) is 0 Å². The van der Waals surface area contributed by atoms with Gasteiger partial charge in [0.15, 0.2) is 6.10 Å². The SMILES string of the molecule is CC/C=C\C[C@H](O)/C=C/C=C\C=C\[C@H](O)C/C=C\C/C=C\CCC(=O)O[C@H](COC(=O)CCCCCCCCC/C=C\CCCCCCCC)COP(=O)(O)OC1[C@H](O)[C@H](O)C(O)[C@H](O)[C@H]1O. The number of hydrogen-bond acceptors (Lipinski definition) is 14. The average Bonchev–Trinajstić information content (AvgIpc) is 3.30. The lowest BCUT2D eigenvalue weighted by molar-refractivity contribution is -0.220. The first-order chi connectivity index (χ1) is 32.2. The van der Waals surface area contributed by atoms with Gasteiger partial charge in [-0.25, -0.2) is 4.57 Å². The molecule has 1 aliphatic rings. The molecule has 1 aliphatic carbocycles. The van der Waals surface area contributed by atoms with Crippen LogP contribution in [-0.4, -0.2) is 121 Å². The molecule has 0 saturated heterocycles. The molecule has 1 saturated carbocycles. The summed E-state index contributed by atoms with van der Waals surface area (Å²) < 4.78 is 33.4. The van der Waals surface area contributed by atoms with Gasteiger partial charge >= 0.3 is 19.8 Å². The second-order valence-electron chi connectivity index (χ2n) is 17.0. The molecule has 1 rings (SSSR count). The molecule has 10 atom stereocenters. The van der Waals surface area contributed by atoms with E-state index in [2.05, 4.69) is 19.1 Å². The van der Waals surface area contributed by atoms with Crippen molar-refractivity contribution in [3.05, 3.63) is 85.1 Å². The summed E-state index contributed by atoms with van der Waals surface area (Å²) in [6.07, 6.45) is 31.2. The third-order valence-electron chi connectivity index (χ3n) is 10.9. The molecule has 0 aromatic rings. The van der Waals surface area contributed by atoms with Gasteiger partial charge < -0.3 is 50.1 Å². The Hall–Kier alpha value is -3.05. The fourth-order valence-corrected chi connectivity index (χ4v) is 7.87. The van der Waals surface area contributed by atoms with Gasteiger partial charge in [0, 0.05) is 12.8 Å². The molecule has 0 heterocycles. The molecule has 0 radical (unpaired) electrons. The molecule has 1 fully saturated rings. The molecule has 0 aromatic carbocycles. The van der Waals surface area contributed by atoms with E-state index >= 15 is 0 Å². The molecule has 0 aliphatic heterocycles. The molecular weight excluding hydrogens is 884 g/mol. The van der Waals surface area contributed by atoms with Crippen molar-refractivity contribution in [2.24, 2.45) is 0 Å². The van der Waals surface area contributed by atoms with Crippen LogP contribution in [0.2, 0.25) is 0 Å². The standard InChI is InChI=1S/C51H85O15P/c1-3-5-7-8-9-10-11-12-13-14-15-16-17-18-19-23-31-37-44(54)63-39-43(40-64-67(61,62)66-51-49(59)47(57)46(56)48(58)50(51)60)65-45(55)38-32-24-21-20-22-28-34-42(53)36-30-26-25-29-35-41(52)33-27-6-4-2/h6,12-13,21-22,24-30,35-36,41-43,46-53,56-60H,3-5,7-11,14-20,23,31-34,37-40H2,1-2H3,(H,61,62)/b13-12-,24-21-,26-25-,27-6-,28-22-,35-29+,36-30+/t41-,42+,43+,46?,47-,48+,49+,50+,51?/m0/s1. The molecule has 15 nitrogen and oxygen atoms in total. The number of ether oxygens (including phenoxy) is 2. The fraction of sp³-hybridized carbons (Fsp3) is 0.686. The molecule has 16 heteroatoms. The monoisotopic (exact) mass is 969 g/mol. The fourth-order valence-electron chi connectivity index (χ4n) is 6.89. The van der Waals surface area contributed by atoms with Crippen LogP contribution in [0.3, 0.4) is 0 Å². The van der Waals surface area contributed by atoms with Crippen molar-refractivity contribution in [3.63, 3.8) is 0 Å². The predicted octanol–water partition coefficient (Wildman–Crippen LogP) is 8.00. The highest BCUT2D eigenvalue weighted by Gasteiger charge is 2.51. The largest absolute Gasteiger partial charge is 0.472 e. The quantitative estimate of drug-likeness (QED) is 0.00956. The van der Waals surface area contributed by atoms with Gasteiger partial charge in [-0.15, -0.1) is 0 Å². The molecule has 3 unspecified atom stereocenters. The van der Waals surface area contributed by atoms with Crippen LogP contribution in [-0.2, 0) is 32.7 Å². The van der Waals surface area contributed by atoms with Crippen LogP contribution in [0.4, 0.5) is 0 Å². The number of rotatable bonds is 39. The number of phosphoric acid groups is 1. The van der Waals surface area contributed by atoms with E-state index in [1.54, 1.807) is 42.5 Å². The van der Waals surface area contributed by atoms with Crippen molar-refractivity contribution < 1.29 is 73.3 Å². The third kappa shape index (κ3) is 32.4. The summed E-state index contributed by atoms with van der Waals surface area (Å²) in [5, 5.41) is 70.2. The average molecular weight is 969 g/mol. The number of unbranched alkanes of at least 4 members (excludes halogenated alkanes) is 13. The molecule has 67 heavy (non-hydrogen) atoms. The van der Waals surface area contributed by atoms with Crippen molar-refractivity contribution in [1.82, 2.24) is 0 Å². The van der Waals surface area contributed by atoms with Gasteiger partial charge in [-0.05, 0) is 64.2 Å². The van der Waals surface area contributed by atoms with Crippen LogP contribution >= 0.6 is 7.82 Å². The van der Waals surface area contributed by atoms with Crippen LogP contribution < -0.4 is 0 Å². The van der Waals surface area contributed by atoms with Crippen LogP contribution in [0, 0.1) is 0 Å². The zero-order chi connectivity index (χ0) is 49.5. The van der Waals surface area contributed by atoms with E-state index in [-0.39, 0.29) is 19.3 Å². The molecule has 0 bridgehead atoms. The lowest BCUT2D eigenvalue weighted by Crippen LogP contribution is -2.64. The molecule has 384 valence electrons. The third-order valence-corrected chi connectivity index (χ3v) is 11.9. The molecular formula is C51H85O15P. The van der Waals surface area contributed by atoms with Gasteiger partial charge in [0.1, 0.15) is 43.2 Å². The van der Waals surface area contributed by atoms with E-state index in [0.29, 0.717) is 25.7 Å². The Kier molecular flexibility index (Phi) is 36.8. The van der Waals surface area contributed by atoms with E-state index in [1.807, 2.05) is 37.3 Å². The number of allylic oxidation sites excluding steroid dienone is 10. The van der Waals surface area contributed by atoms with Crippen LogP contribution in [0.25, 0.3) is 0 Å². The maximum absolute atomic E-state index is 12.8. The van der Waals surface area contributed by atoms with Crippen molar-refractivity contribution >= 4 is 19.8 Å². The number of phosphoric ester groups is 1. The summed E-state index contributed by atoms with van der Waals surface area (Å²) in [6, 6.07) is 0.